The molecular formula is C15H9N3S2. The highest BCUT2D eigenvalue weighted by Crippen LogP contribution is 2.34. The van der Waals surface area contributed by atoms with Crippen molar-refractivity contribution >= 4 is 23.1 Å². The van der Waals surface area contributed by atoms with E-state index in [0.29, 0.717) is 5.56 Å². The molecule has 20 heavy (non-hydrogen) atoms. The highest BCUT2D eigenvalue weighted by atomic mass is 32.2. The molecule has 0 spiro atoms. The van der Waals surface area contributed by atoms with E-state index in [9.17, 15) is 0 Å². The maximum absolute atomic E-state index is 9.06. The Morgan fingerprint density at radius 1 is 1.15 bits per heavy atom. The van der Waals surface area contributed by atoms with Crippen LogP contribution >= 0.6 is 23.1 Å². The first-order chi connectivity index (χ1) is 9.86. The third-order valence-electron chi connectivity index (χ3n) is 2.65. The minimum Gasteiger partial charge on any atom is -0.263 e. The van der Waals surface area contributed by atoms with Gasteiger partial charge in [0, 0.05) is 28.2 Å². The highest BCUT2D eigenvalue weighted by molar-refractivity contribution is 8.01. The van der Waals surface area contributed by atoms with Gasteiger partial charge in [0.25, 0.3) is 0 Å². The Balaban J connectivity index is 1.87. The fourth-order valence-electron chi connectivity index (χ4n) is 1.69. The van der Waals surface area contributed by atoms with Crippen LogP contribution in [-0.4, -0.2) is 9.97 Å². The van der Waals surface area contributed by atoms with Crippen molar-refractivity contribution in [1.82, 2.24) is 9.97 Å². The molecule has 0 fully saturated rings. The van der Waals surface area contributed by atoms with Crippen molar-refractivity contribution in [2.24, 2.45) is 0 Å². The lowest BCUT2D eigenvalue weighted by molar-refractivity contribution is 1.21. The first-order valence-corrected chi connectivity index (χ1v) is 7.59. The Labute approximate surface area is 125 Å². The molecule has 0 amide bonds. The molecule has 0 aliphatic rings. The maximum Gasteiger partial charge on any atom is 0.155 e. The molecule has 0 saturated carbocycles. The Morgan fingerprint density at radius 3 is 2.80 bits per heavy atom. The number of nitriles is 1. The van der Waals surface area contributed by atoms with Crippen molar-refractivity contribution < 1.29 is 0 Å². The van der Waals surface area contributed by atoms with Crippen molar-refractivity contribution in [3.05, 3.63) is 59.7 Å². The summed E-state index contributed by atoms with van der Waals surface area (Å²) in [6.45, 7) is 0. The van der Waals surface area contributed by atoms with Gasteiger partial charge in [-0.2, -0.15) is 5.26 Å². The number of pyridine rings is 1. The first-order valence-electron chi connectivity index (χ1n) is 5.90. The van der Waals surface area contributed by atoms with Crippen LogP contribution in [0.2, 0.25) is 0 Å². The fourth-order valence-corrected chi connectivity index (χ4v) is 3.52. The molecule has 2 aromatic heterocycles. The van der Waals surface area contributed by atoms with Crippen molar-refractivity contribution in [2.45, 2.75) is 9.24 Å². The molecule has 3 rings (SSSR count). The van der Waals surface area contributed by atoms with Crippen LogP contribution in [-0.2, 0) is 0 Å². The zero-order valence-corrected chi connectivity index (χ0v) is 12.0. The van der Waals surface area contributed by atoms with E-state index >= 15 is 0 Å². The SMILES string of the molecule is N#Cc1cnccc1Sc1nc(-c2ccccc2)cs1. The molecular weight excluding hydrogens is 286 g/mol. The van der Waals surface area contributed by atoms with Crippen molar-refractivity contribution in [3.8, 4) is 17.3 Å². The minimum atomic E-state index is 0.578. The summed E-state index contributed by atoms with van der Waals surface area (Å²) in [5.41, 5.74) is 2.64. The number of rotatable bonds is 3. The largest absolute Gasteiger partial charge is 0.263 e. The molecule has 0 N–H and O–H groups in total. The molecule has 0 atom stereocenters. The zero-order valence-electron chi connectivity index (χ0n) is 10.4. The van der Waals surface area contributed by atoms with Crippen LogP contribution in [0.5, 0.6) is 0 Å². The second kappa shape index (κ2) is 5.87. The summed E-state index contributed by atoms with van der Waals surface area (Å²) in [6.07, 6.45) is 3.27. The van der Waals surface area contributed by atoms with Crippen molar-refractivity contribution in [2.75, 3.05) is 0 Å². The third-order valence-corrected chi connectivity index (χ3v) is 4.67. The van der Waals surface area contributed by atoms with E-state index in [-0.39, 0.29) is 0 Å². The molecule has 3 aromatic rings. The normalized spacial score (nSPS) is 10.2. The van der Waals surface area contributed by atoms with Gasteiger partial charge in [0.15, 0.2) is 4.34 Å². The van der Waals surface area contributed by atoms with Crippen molar-refractivity contribution in [3.63, 3.8) is 0 Å². The molecule has 2 heterocycles. The molecule has 3 nitrogen and oxygen atoms in total. The van der Waals surface area contributed by atoms with Gasteiger partial charge in [-0.1, -0.05) is 42.1 Å². The molecule has 5 heteroatoms. The Bertz CT molecular complexity index is 760. The van der Waals surface area contributed by atoms with Gasteiger partial charge in [0.05, 0.1) is 11.3 Å². The van der Waals surface area contributed by atoms with E-state index in [0.717, 1.165) is 20.5 Å². The Morgan fingerprint density at radius 2 is 2.00 bits per heavy atom. The molecule has 0 aliphatic carbocycles. The average Bonchev–Trinajstić information content (AvgIpc) is 2.97. The summed E-state index contributed by atoms with van der Waals surface area (Å²) >= 11 is 3.08. The van der Waals surface area contributed by atoms with Crippen LogP contribution in [0.1, 0.15) is 5.56 Å². The topological polar surface area (TPSA) is 49.6 Å². The summed E-state index contributed by atoms with van der Waals surface area (Å²) < 4.78 is 0.923. The number of aromatic nitrogens is 2. The van der Waals surface area contributed by atoms with Gasteiger partial charge >= 0.3 is 0 Å². The highest BCUT2D eigenvalue weighted by Gasteiger charge is 2.08. The monoisotopic (exact) mass is 295 g/mol. The van der Waals surface area contributed by atoms with Gasteiger partial charge in [0.2, 0.25) is 0 Å². The number of benzene rings is 1. The summed E-state index contributed by atoms with van der Waals surface area (Å²) in [7, 11) is 0. The number of thiazole rings is 1. The van der Waals surface area contributed by atoms with E-state index in [2.05, 4.69) is 16.0 Å². The van der Waals surface area contributed by atoms with Crippen LogP contribution in [0.4, 0.5) is 0 Å². The van der Waals surface area contributed by atoms with E-state index in [4.69, 9.17) is 5.26 Å². The smallest absolute Gasteiger partial charge is 0.155 e. The molecule has 0 bridgehead atoms. The molecule has 0 unspecified atom stereocenters. The number of hydrogen-bond donors (Lipinski definition) is 0. The van der Waals surface area contributed by atoms with Gasteiger partial charge in [-0.25, -0.2) is 4.98 Å². The summed E-state index contributed by atoms with van der Waals surface area (Å²) in [5.74, 6) is 0. The van der Waals surface area contributed by atoms with Crippen LogP contribution in [0.25, 0.3) is 11.3 Å². The quantitative estimate of drug-likeness (QED) is 0.725. The van der Waals surface area contributed by atoms with Crippen LogP contribution in [0.15, 0.2) is 63.4 Å². The Hall–Kier alpha value is -2.16. The molecule has 1 aromatic carbocycles. The number of hydrogen-bond acceptors (Lipinski definition) is 5. The lowest BCUT2D eigenvalue weighted by atomic mass is 10.2. The van der Waals surface area contributed by atoms with E-state index in [1.54, 1.807) is 23.7 Å². The van der Waals surface area contributed by atoms with Crippen LogP contribution in [0.3, 0.4) is 0 Å². The minimum absolute atomic E-state index is 0.578. The van der Waals surface area contributed by atoms with Crippen molar-refractivity contribution in [1.29, 1.82) is 5.26 Å². The van der Waals surface area contributed by atoms with Crippen LogP contribution in [0, 0.1) is 11.3 Å². The molecule has 0 radical (unpaired) electrons. The van der Waals surface area contributed by atoms with Gasteiger partial charge in [0.1, 0.15) is 6.07 Å². The van der Waals surface area contributed by atoms with Gasteiger partial charge in [-0.15, -0.1) is 11.3 Å². The Kier molecular flexibility index (Phi) is 3.77. The molecule has 0 saturated heterocycles. The molecule has 0 aliphatic heterocycles. The van der Waals surface area contributed by atoms with E-state index in [1.807, 2.05) is 41.8 Å². The van der Waals surface area contributed by atoms with E-state index in [1.165, 1.54) is 11.8 Å². The second-order valence-electron chi connectivity index (χ2n) is 3.95. The lowest BCUT2D eigenvalue weighted by Crippen LogP contribution is -1.83. The summed E-state index contributed by atoms with van der Waals surface area (Å²) in [6, 6.07) is 14.0. The molecule has 96 valence electrons. The standard InChI is InChI=1S/C15H9N3S2/c16-8-12-9-17-7-6-14(12)20-15-18-13(10-19-15)11-4-2-1-3-5-11/h1-7,9-10H. The lowest BCUT2D eigenvalue weighted by Gasteiger charge is -1.99. The predicted molar refractivity (Wildman–Crippen MR) is 80.6 cm³/mol. The predicted octanol–water partition coefficient (Wildman–Crippen LogP) is 4.23. The summed E-state index contributed by atoms with van der Waals surface area (Å²) in [4.78, 5) is 9.45. The van der Waals surface area contributed by atoms with Gasteiger partial charge in [-0.05, 0) is 6.07 Å². The maximum atomic E-state index is 9.06. The zero-order chi connectivity index (χ0) is 13.8. The van der Waals surface area contributed by atoms with Crippen LogP contribution < -0.4 is 0 Å². The third kappa shape index (κ3) is 2.72. The first kappa shape index (κ1) is 12.9. The van der Waals surface area contributed by atoms with E-state index < -0.39 is 0 Å². The average molecular weight is 295 g/mol. The number of nitrogens with zero attached hydrogens (tertiary/aromatic N) is 3. The van der Waals surface area contributed by atoms with Gasteiger partial charge in [-0.3, -0.25) is 4.98 Å². The van der Waals surface area contributed by atoms with Gasteiger partial charge < -0.3 is 0 Å². The second-order valence-corrected chi connectivity index (χ2v) is 6.10. The summed E-state index contributed by atoms with van der Waals surface area (Å²) in [5, 5.41) is 11.1. The fraction of sp³-hybridized carbons (Fsp3) is 0.